The van der Waals surface area contributed by atoms with E-state index in [9.17, 15) is 24.0 Å². The maximum absolute atomic E-state index is 10.9. The first-order valence-corrected chi connectivity index (χ1v) is 10.2. The third-order valence-corrected chi connectivity index (χ3v) is 4.25. The van der Waals surface area contributed by atoms with Crippen LogP contribution in [-0.2, 0) is 24.0 Å². The Morgan fingerprint density at radius 3 is 1.59 bits per heavy atom. The third-order valence-electron chi connectivity index (χ3n) is 4.25. The molecule has 2 atom stereocenters. The summed E-state index contributed by atoms with van der Waals surface area (Å²) in [6.45, 7) is 12.8. The summed E-state index contributed by atoms with van der Waals surface area (Å²) in [6, 6.07) is -2.29. The van der Waals surface area contributed by atoms with Crippen LogP contribution in [0.5, 0.6) is 0 Å². The Labute approximate surface area is 188 Å². The van der Waals surface area contributed by atoms with Crippen LogP contribution in [0.3, 0.4) is 0 Å². The van der Waals surface area contributed by atoms with Crippen molar-refractivity contribution in [2.24, 2.45) is 10.8 Å². The van der Waals surface area contributed by atoms with E-state index in [1.807, 2.05) is 41.5 Å². The summed E-state index contributed by atoms with van der Waals surface area (Å²) >= 11 is 0. The lowest BCUT2D eigenvalue weighted by Crippen LogP contribution is -2.43. The van der Waals surface area contributed by atoms with Crippen molar-refractivity contribution >= 4 is 30.3 Å². The van der Waals surface area contributed by atoms with Crippen molar-refractivity contribution in [1.29, 1.82) is 0 Å². The van der Waals surface area contributed by atoms with Crippen LogP contribution in [0.4, 0.5) is 0 Å². The number of aliphatic carboxylic acids is 4. The fourth-order valence-corrected chi connectivity index (χ4v) is 2.30. The highest BCUT2D eigenvalue weighted by atomic mass is 16.4. The molecule has 0 radical (unpaired) electrons. The minimum absolute atomic E-state index is 0.0481. The normalized spacial score (nSPS) is 13.2. The molecule has 186 valence electrons. The van der Waals surface area contributed by atoms with E-state index >= 15 is 0 Å². The van der Waals surface area contributed by atoms with Crippen LogP contribution in [-0.4, -0.2) is 80.8 Å². The molecule has 32 heavy (non-hydrogen) atoms. The van der Waals surface area contributed by atoms with E-state index in [1.54, 1.807) is 0 Å². The fourth-order valence-electron chi connectivity index (χ4n) is 2.30. The van der Waals surface area contributed by atoms with Crippen LogP contribution in [0.1, 0.15) is 67.2 Å². The van der Waals surface area contributed by atoms with Gasteiger partial charge in [0.15, 0.2) is 0 Å². The van der Waals surface area contributed by atoms with Crippen LogP contribution in [0.15, 0.2) is 0 Å². The van der Waals surface area contributed by atoms with Crippen molar-refractivity contribution in [2.45, 2.75) is 79.3 Å². The molecule has 11 nitrogen and oxygen atoms in total. The maximum atomic E-state index is 10.9. The zero-order valence-electron chi connectivity index (χ0n) is 19.8. The van der Waals surface area contributed by atoms with Gasteiger partial charge >= 0.3 is 23.9 Å². The molecular weight excluding hydrogens is 424 g/mol. The van der Waals surface area contributed by atoms with E-state index in [4.69, 9.17) is 20.4 Å². The Morgan fingerprint density at radius 1 is 0.812 bits per heavy atom. The fraction of sp³-hybridized carbons (Fsp3) is 0.762. The summed E-state index contributed by atoms with van der Waals surface area (Å²) < 4.78 is 0. The summed E-state index contributed by atoms with van der Waals surface area (Å²) in [5.41, 5.74) is 0.0623. The highest BCUT2D eigenvalue weighted by Gasteiger charge is 2.28. The van der Waals surface area contributed by atoms with Crippen molar-refractivity contribution in [2.75, 3.05) is 13.1 Å². The molecular formula is C21H38N2O9. The Hall–Kier alpha value is -2.69. The average Bonchev–Trinajstić information content (AvgIpc) is 2.58. The molecule has 0 fully saturated rings. The SMILES string of the molecule is CC(C)(C)CCN(C=O)[C@@H](CC(=O)O)C(=O)O.CC(C)(C)CCN[C@@H](CC(=O)O)C(=O)O. The van der Waals surface area contributed by atoms with Crippen molar-refractivity contribution in [3.63, 3.8) is 0 Å². The first-order chi connectivity index (χ1) is 14.4. The van der Waals surface area contributed by atoms with Gasteiger partial charge in [0.1, 0.15) is 12.1 Å². The predicted octanol–water partition coefficient (Wildman–Crippen LogP) is 1.75. The molecule has 0 aliphatic carbocycles. The predicted molar refractivity (Wildman–Crippen MR) is 116 cm³/mol. The van der Waals surface area contributed by atoms with E-state index < -0.39 is 42.4 Å². The topological polar surface area (TPSA) is 182 Å². The molecule has 0 spiro atoms. The number of nitrogens with one attached hydrogen (secondary N) is 1. The minimum atomic E-state index is -1.30. The lowest BCUT2D eigenvalue weighted by atomic mass is 9.92. The zero-order chi connectivity index (χ0) is 25.7. The summed E-state index contributed by atoms with van der Waals surface area (Å²) in [4.78, 5) is 54.3. The summed E-state index contributed by atoms with van der Waals surface area (Å²) in [6.07, 6.45) is 0.830. The molecule has 0 aromatic heterocycles. The Bertz CT molecular complexity index is 636. The molecule has 0 unspecified atom stereocenters. The van der Waals surface area contributed by atoms with Gasteiger partial charge in [-0.25, -0.2) is 4.79 Å². The molecule has 11 heteroatoms. The molecule has 5 N–H and O–H groups in total. The minimum Gasteiger partial charge on any atom is -0.481 e. The summed E-state index contributed by atoms with van der Waals surface area (Å²) in [7, 11) is 0. The molecule has 0 aromatic rings. The highest BCUT2D eigenvalue weighted by molar-refractivity contribution is 5.82. The van der Waals surface area contributed by atoms with E-state index in [-0.39, 0.29) is 23.8 Å². The Kier molecular flexibility index (Phi) is 14.2. The maximum Gasteiger partial charge on any atom is 0.327 e. The monoisotopic (exact) mass is 462 g/mol. The molecule has 0 bridgehead atoms. The average molecular weight is 463 g/mol. The number of nitrogens with zero attached hydrogens (tertiary/aromatic N) is 1. The van der Waals surface area contributed by atoms with Crippen molar-refractivity contribution in [3.8, 4) is 0 Å². The second-order valence-corrected chi connectivity index (χ2v) is 9.86. The number of carboxylic acid groups (broad SMARTS) is 4. The summed E-state index contributed by atoms with van der Waals surface area (Å²) in [5.74, 6) is -4.76. The van der Waals surface area contributed by atoms with Gasteiger partial charge in [-0.15, -0.1) is 0 Å². The number of amides is 1. The van der Waals surface area contributed by atoms with E-state index in [0.717, 1.165) is 11.3 Å². The smallest absolute Gasteiger partial charge is 0.327 e. The molecule has 0 heterocycles. The van der Waals surface area contributed by atoms with Crippen molar-refractivity contribution < 1.29 is 44.4 Å². The second kappa shape index (κ2) is 14.4. The van der Waals surface area contributed by atoms with Gasteiger partial charge in [0.05, 0.1) is 12.8 Å². The van der Waals surface area contributed by atoms with Crippen LogP contribution in [0.25, 0.3) is 0 Å². The van der Waals surface area contributed by atoms with Crippen molar-refractivity contribution in [3.05, 3.63) is 0 Å². The lowest BCUT2D eigenvalue weighted by Gasteiger charge is -2.27. The number of rotatable bonds is 13. The molecule has 0 aromatic carbocycles. The number of carbonyl (C=O) groups is 5. The van der Waals surface area contributed by atoms with E-state index in [0.29, 0.717) is 19.4 Å². The second-order valence-electron chi connectivity index (χ2n) is 9.86. The van der Waals surface area contributed by atoms with Gasteiger partial charge in [-0.3, -0.25) is 19.2 Å². The largest absolute Gasteiger partial charge is 0.481 e. The third kappa shape index (κ3) is 18.1. The number of carboxylic acids is 4. The Morgan fingerprint density at radius 2 is 1.28 bits per heavy atom. The lowest BCUT2D eigenvalue weighted by molar-refractivity contribution is -0.151. The van der Waals surface area contributed by atoms with Crippen molar-refractivity contribution in [1.82, 2.24) is 10.2 Å². The van der Waals surface area contributed by atoms with Crippen LogP contribution < -0.4 is 5.32 Å². The molecule has 0 aliphatic rings. The zero-order valence-corrected chi connectivity index (χ0v) is 19.8. The van der Waals surface area contributed by atoms with Gasteiger partial charge in [-0.1, -0.05) is 41.5 Å². The Balaban J connectivity index is 0. The van der Waals surface area contributed by atoms with Crippen LogP contribution >= 0.6 is 0 Å². The molecule has 0 saturated carbocycles. The standard InChI is InChI=1S/C11H19NO5.C10H19NO4/c1-11(2,3)4-5-12(7-13)8(10(16)17)6-9(14)15;1-10(2,3)4-5-11-7(9(14)15)6-8(12)13/h7-8H,4-6H2,1-3H3,(H,14,15)(H,16,17);7,11H,4-6H2,1-3H3,(H,12,13)(H,14,15)/t8-;7-/m00/s1. The number of carbonyl (C=O) groups excluding carboxylic acids is 1. The van der Waals surface area contributed by atoms with E-state index in [1.165, 1.54) is 0 Å². The number of hydrogen-bond acceptors (Lipinski definition) is 6. The first-order valence-electron chi connectivity index (χ1n) is 10.2. The molecule has 1 amide bonds. The van der Waals surface area contributed by atoms with E-state index in [2.05, 4.69) is 5.32 Å². The quantitative estimate of drug-likeness (QED) is 0.253. The van der Waals surface area contributed by atoms with Gasteiger partial charge < -0.3 is 30.6 Å². The summed E-state index contributed by atoms with van der Waals surface area (Å²) in [5, 5.41) is 37.4. The van der Waals surface area contributed by atoms with Gasteiger partial charge in [0, 0.05) is 6.54 Å². The first kappa shape index (κ1) is 31.5. The molecule has 0 saturated heterocycles. The molecule has 0 aliphatic heterocycles. The highest BCUT2D eigenvalue weighted by Crippen LogP contribution is 2.19. The van der Waals surface area contributed by atoms with Gasteiger partial charge in [-0.2, -0.15) is 0 Å². The van der Waals surface area contributed by atoms with Crippen LogP contribution in [0, 0.1) is 10.8 Å². The van der Waals surface area contributed by atoms with Gasteiger partial charge in [0.2, 0.25) is 6.41 Å². The van der Waals surface area contributed by atoms with Crippen LogP contribution in [0.2, 0.25) is 0 Å². The van der Waals surface area contributed by atoms with Gasteiger partial charge in [0.25, 0.3) is 0 Å². The number of hydrogen-bond donors (Lipinski definition) is 5. The molecule has 0 rings (SSSR count). The van der Waals surface area contributed by atoms with Gasteiger partial charge in [-0.05, 0) is 30.2 Å².